The predicted octanol–water partition coefficient (Wildman–Crippen LogP) is 1.90. The Labute approximate surface area is 127 Å². The van der Waals surface area contributed by atoms with E-state index < -0.39 is 5.97 Å². The van der Waals surface area contributed by atoms with Crippen LogP contribution in [0.15, 0.2) is 48.4 Å². The molecule has 0 aliphatic carbocycles. The molecule has 22 heavy (non-hydrogen) atoms. The Morgan fingerprint density at radius 3 is 2.59 bits per heavy atom. The smallest absolute Gasteiger partial charge is 0.303 e. The first-order valence-corrected chi connectivity index (χ1v) is 6.85. The maximum atomic E-state index is 10.4. The molecule has 7 heteroatoms. The van der Waals surface area contributed by atoms with Gasteiger partial charge in [0.2, 0.25) is 0 Å². The van der Waals surface area contributed by atoms with Crippen molar-refractivity contribution in [3.05, 3.63) is 54.4 Å². The number of pyridine rings is 1. The lowest BCUT2D eigenvalue weighted by atomic mass is 10.1. The van der Waals surface area contributed by atoms with E-state index in [4.69, 9.17) is 9.94 Å². The highest BCUT2D eigenvalue weighted by atomic mass is 16.6. The monoisotopic (exact) mass is 300 g/mol. The van der Waals surface area contributed by atoms with E-state index in [9.17, 15) is 4.79 Å². The minimum absolute atomic E-state index is 0.134. The summed E-state index contributed by atoms with van der Waals surface area (Å²) in [5.41, 5.74) is 2.11. The summed E-state index contributed by atoms with van der Waals surface area (Å²) in [6.07, 6.45) is 9.41. The highest BCUT2D eigenvalue weighted by Gasteiger charge is 2.08. The minimum Gasteiger partial charge on any atom is -0.481 e. The largest absolute Gasteiger partial charge is 0.481 e. The van der Waals surface area contributed by atoms with Gasteiger partial charge in [-0.1, -0.05) is 5.16 Å². The summed E-state index contributed by atoms with van der Waals surface area (Å²) < 4.78 is 0. The molecule has 0 spiro atoms. The fourth-order valence-corrected chi connectivity index (χ4v) is 1.75. The predicted molar refractivity (Wildman–Crippen MR) is 79.3 cm³/mol. The van der Waals surface area contributed by atoms with E-state index in [1.165, 1.54) is 6.33 Å². The molecule has 7 nitrogen and oxygen atoms in total. The van der Waals surface area contributed by atoms with Crippen LogP contribution in [0.1, 0.15) is 30.4 Å². The highest BCUT2D eigenvalue weighted by Crippen LogP contribution is 2.09. The van der Waals surface area contributed by atoms with Gasteiger partial charge in [0.05, 0.1) is 0 Å². The molecule has 2 heterocycles. The SMILES string of the molecule is O=C(O)CCCCON=C(c1cccnc1)c1cncnc1. The van der Waals surface area contributed by atoms with Gasteiger partial charge in [-0.05, 0) is 25.0 Å². The van der Waals surface area contributed by atoms with Crippen molar-refractivity contribution in [2.45, 2.75) is 19.3 Å². The van der Waals surface area contributed by atoms with Crippen molar-refractivity contribution in [2.75, 3.05) is 6.61 Å². The van der Waals surface area contributed by atoms with E-state index in [-0.39, 0.29) is 6.42 Å². The second-order valence-electron chi connectivity index (χ2n) is 4.49. The Morgan fingerprint density at radius 1 is 1.14 bits per heavy atom. The summed E-state index contributed by atoms with van der Waals surface area (Å²) in [5.74, 6) is -0.805. The van der Waals surface area contributed by atoms with Crippen LogP contribution in [0.5, 0.6) is 0 Å². The topological polar surface area (TPSA) is 97.6 Å². The summed E-state index contributed by atoms with van der Waals surface area (Å²) in [4.78, 5) is 27.7. The van der Waals surface area contributed by atoms with Crippen molar-refractivity contribution in [3.63, 3.8) is 0 Å². The van der Waals surface area contributed by atoms with Gasteiger partial charge in [0.1, 0.15) is 18.6 Å². The minimum atomic E-state index is -0.805. The van der Waals surface area contributed by atoms with Crippen molar-refractivity contribution >= 4 is 11.7 Å². The van der Waals surface area contributed by atoms with Crippen LogP contribution in [-0.4, -0.2) is 38.3 Å². The van der Waals surface area contributed by atoms with Crippen molar-refractivity contribution in [1.82, 2.24) is 15.0 Å². The number of aliphatic carboxylic acids is 1. The Morgan fingerprint density at radius 2 is 1.91 bits per heavy atom. The molecule has 0 aliphatic rings. The van der Waals surface area contributed by atoms with Crippen LogP contribution >= 0.6 is 0 Å². The van der Waals surface area contributed by atoms with E-state index >= 15 is 0 Å². The number of rotatable bonds is 8. The van der Waals surface area contributed by atoms with Crippen molar-refractivity contribution in [2.24, 2.45) is 5.16 Å². The molecule has 0 saturated heterocycles. The number of unbranched alkanes of at least 4 members (excludes halogenated alkanes) is 1. The molecule has 0 aromatic carbocycles. The zero-order chi connectivity index (χ0) is 15.6. The molecule has 0 amide bonds. The molecule has 1 N–H and O–H groups in total. The maximum Gasteiger partial charge on any atom is 0.303 e. The van der Waals surface area contributed by atoms with Crippen LogP contribution in [0, 0.1) is 0 Å². The quantitative estimate of drug-likeness (QED) is 0.454. The number of oxime groups is 1. The molecule has 2 aromatic rings. The Kier molecular flexibility index (Phi) is 5.98. The average molecular weight is 300 g/mol. The van der Waals surface area contributed by atoms with Gasteiger partial charge in [0.15, 0.2) is 0 Å². The third-order valence-electron chi connectivity index (χ3n) is 2.80. The zero-order valence-electron chi connectivity index (χ0n) is 11.9. The van der Waals surface area contributed by atoms with Crippen molar-refractivity contribution in [3.8, 4) is 0 Å². The normalized spacial score (nSPS) is 11.2. The summed E-state index contributed by atoms with van der Waals surface area (Å²) >= 11 is 0. The molecule has 2 aromatic heterocycles. The number of nitrogens with zero attached hydrogens (tertiary/aromatic N) is 4. The molecular formula is C15H16N4O3. The van der Waals surface area contributed by atoms with Gasteiger partial charge < -0.3 is 9.94 Å². The van der Waals surface area contributed by atoms with Gasteiger partial charge in [-0.2, -0.15) is 0 Å². The summed E-state index contributed by atoms with van der Waals surface area (Å²) in [6.45, 7) is 0.352. The van der Waals surface area contributed by atoms with Crippen LogP contribution in [0.25, 0.3) is 0 Å². The lowest BCUT2D eigenvalue weighted by Gasteiger charge is -2.06. The average Bonchev–Trinajstić information content (AvgIpc) is 2.55. The highest BCUT2D eigenvalue weighted by molar-refractivity contribution is 6.12. The summed E-state index contributed by atoms with van der Waals surface area (Å²) in [7, 11) is 0. The molecule has 0 saturated carbocycles. The first-order valence-electron chi connectivity index (χ1n) is 6.85. The number of carboxylic acids is 1. The van der Waals surface area contributed by atoms with Gasteiger partial charge >= 0.3 is 5.97 Å². The van der Waals surface area contributed by atoms with Gasteiger partial charge in [-0.15, -0.1) is 0 Å². The Balaban J connectivity index is 2.02. The number of hydrogen-bond donors (Lipinski definition) is 1. The van der Waals surface area contributed by atoms with Gasteiger partial charge in [-0.25, -0.2) is 9.97 Å². The lowest BCUT2D eigenvalue weighted by molar-refractivity contribution is -0.137. The molecule has 0 aliphatic heterocycles. The molecule has 114 valence electrons. The van der Waals surface area contributed by atoms with Gasteiger partial charge in [0.25, 0.3) is 0 Å². The molecule has 0 bridgehead atoms. The van der Waals surface area contributed by atoms with Crippen LogP contribution in [0.4, 0.5) is 0 Å². The summed E-state index contributed by atoms with van der Waals surface area (Å²) in [6, 6.07) is 3.67. The third kappa shape index (κ3) is 4.93. The fraction of sp³-hybridized carbons (Fsp3) is 0.267. The van der Waals surface area contributed by atoms with Gasteiger partial charge in [0, 0.05) is 42.3 Å². The third-order valence-corrected chi connectivity index (χ3v) is 2.80. The van der Waals surface area contributed by atoms with E-state index in [0.717, 1.165) is 11.1 Å². The van der Waals surface area contributed by atoms with Crippen LogP contribution in [-0.2, 0) is 9.63 Å². The van der Waals surface area contributed by atoms with E-state index in [0.29, 0.717) is 25.2 Å². The molecule has 0 radical (unpaired) electrons. The number of aromatic nitrogens is 3. The van der Waals surface area contributed by atoms with Crippen LogP contribution < -0.4 is 0 Å². The molecule has 0 fully saturated rings. The number of hydrogen-bond acceptors (Lipinski definition) is 6. The Bertz CT molecular complexity index is 576. The zero-order valence-corrected chi connectivity index (χ0v) is 11.9. The van der Waals surface area contributed by atoms with E-state index in [1.54, 1.807) is 24.8 Å². The number of carbonyl (C=O) groups is 1. The number of carboxylic acid groups (broad SMARTS) is 1. The maximum absolute atomic E-state index is 10.4. The van der Waals surface area contributed by atoms with E-state index in [2.05, 4.69) is 20.1 Å². The van der Waals surface area contributed by atoms with Crippen LogP contribution in [0.3, 0.4) is 0 Å². The first-order chi connectivity index (χ1) is 10.8. The van der Waals surface area contributed by atoms with Crippen molar-refractivity contribution in [1.29, 1.82) is 0 Å². The van der Waals surface area contributed by atoms with Crippen molar-refractivity contribution < 1.29 is 14.7 Å². The first kappa shape index (κ1) is 15.6. The second kappa shape index (κ2) is 8.46. The molecular weight excluding hydrogens is 284 g/mol. The summed E-state index contributed by atoms with van der Waals surface area (Å²) in [5, 5.41) is 12.7. The van der Waals surface area contributed by atoms with Crippen LogP contribution in [0.2, 0.25) is 0 Å². The fourth-order valence-electron chi connectivity index (χ4n) is 1.75. The molecule has 0 atom stereocenters. The lowest BCUT2D eigenvalue weighted by Crippen LogP contribution is -2.06. The van der Waals surface area contributed by atoms with Gasteiger partial charge in [-0.3, -0.25) is 9.78 Å². The molecule has 0 unspecified atom stereocenters. The molecule has 2 rings (SSSR count). The standard InChI is InChI=1S/C15H16N4O3/c20-14(21)5-1-2-7-22-19-15(12-4-3-6-16-8-12)13-9-17-11-18-10-13/h3-4,6,8-11H,1-2,5,7H2,(H,20,21). The Hall–Kier alpha value is -2.83. The second-order valence-corrected chi connectivity index (χ2v) is 4.49. The van der Waals surface area contributed by atoms with E-state index in [1.807, 2.05) is 12.1 Å².